The molecule has 0 heterocycles. The molecule has 0 aromatic carbocycles. The van der Waals surface area contributed by atoms with E-state index in [2.05, 4.69) is 0 Å². The molecule has 0 fully saturated rings. The molecule has 0 saturated carbocycles. The summed E-state index contributed by atoms with van der Waals surface area (Å²) in [5.41, 5.74) is 0. The van der Waals surface area contributed by atoms with Gasteiger partial charge in [-0.2, -0.15) is 0 Å². The van der Waals surface area contributed by atoms with Crippen molar-refractivity contribution in [1.29, 1.82) is 0 Å². The third kappa shape index (κ3) is 3.18. The van der Waals surface area contributed by atoms with E-state index in [1.807, 2.05) is 55.5 Å². The maximum absolute atomic E-state index is 5.72. The Labute approximate surface area is 90.6 Å². The lowest BCUT2D eigenvalue weighted by atomic mass is 10.3. The fourth-order valence-corrected chi connectivity index (χ4v) is 1.58. The van der Waals surface area contributed by atoms with E-state index in [1.54, 1.807) is 0 Å². The molecule has 0 spiro atoms. The van der Waals surface area contributed by atoms with Crippen LogP contribution in [-0.2, 0) is 9.47 Å². The van der Waals surface area contributed by atoms with Crippen LogP contribution in [0, 0.1) is 0 Å². The van der Waals surface area contributed by atoms with Crippen molar-refractivity contribution in [3.63, 3.8) is 0 Å². The Bertz CT molecular complexity index is 288. The number of ether oxygens (including phenoxy) is 2. The van der Waals surface area contributed by atoms with Gasteiger partial charge in [0.15, 0.2) is 0 Å². The molecule has 0 aliphatic heterocycles. The monoisotopic (exact) mass is 204 g/mol. The van der Waals surface area contributed by atoms with Gasteiger partial charge >= 0.3 is 0 Å². The molecule has 15 heavy (non-hydrogen) atoms. The molecule has 0 saturated heterocycles. The quantitative estimate of drug-likeness (QED) is 0.684. The molecule has 2 aliphatic carbocycles. The summed E-state index contributed by atoms with van der Waals surface area (Å²) in [5, 5.41) is 0. The average Bonchev–Trinajstić information content (AvgIpc) is 2.86. The lowest BCUT2D eigenvalue weighted by Gasteiger charge is -2.17. The molecule has 0 radical (unpaired) electrons. The van der Waals surface area contributed by atoms with Gasteiger partial charge in [0.1, 0.15) is 0 Å². The Morgan fingerprint density at radius 3 is 2.07 bits per heavy atom. The fourth-order valence-electron chi connectivity index (χ4n) is 1.58. The van der Waals surface area contributed by atoms with Crippen molar-refractivity contribution in [2.75, 3.05) is 6.61 Å². The van der Waals surface area contributed by atoms with Gasteiger partial charge in [-0.25, -0.2) is 0 Å². The van der Waals surface area contributed by atoms with E-state index in [1.165, 1.54) is 0 Å². The van der Waals surface area contributed by atoms with E-state index in [-0.39, 0.29) is 18.3 Å². The molecule has 2 rings (SSSR count). The van der Waals surface area contributed by atoms with Crippen LogP contribution in [-0.4, -0.2) is 24.9 Å². The van der Waals surface area contributed by atoms with Crippen LogP contribution in [0.2, 0.25) is 0 Å². The van der Waals surface area contributed by atoms with Crippen molar-refractivity contribution >= 4 is 0 Å². The van der Waals surface area contributed by atoms with Crippen LogP contribution < -0.4 is 0 Å². The molecule has 2 heteroatoms. The summed E-state index contributed by atoms with van der Waals surface area (Å²) in [5.74, 6) is 0. The summed E-state index contributed by atoms with van der Waals surface area (Å²) >= 11 is 0. The highest BCUT2D eigenvalue weighted by atomic mass is 16.5. The molecule has 0 aromatic rings. The summed E-state index contributed by atoms with van der Waals surface area (Å²) in [7, 11) is 0. The van der Waals surface area contributed by atoms with Crippen LogP contribution in [0.1, 0.15) is 6.92 Å². The van der Waals surface area contributed by atoms with E-state index < -0.39 is 0 Å². The van der Waals surface area contributed by atoms with Crippen molar-refractivity contribution in [2.45, 2.75) is 25.2 Å². The lowest BCUT2D eigenvalue weighted by Crippen LogP contribution is -2.22. The van der Waals surface area contributed by atoms with Gasteiger partial charge in [0.2, 0.25) is 0 Å². The highest BCUT2D eigenvalue weighted by molar-refractivity contribution is 5.19. The first-order valence-corrected chi connectivity index (χ1v) is 5.31. The normalized spacial score (nSPS) is 21.9. The minimum atomic E-state index is 0.116. The van der Waals surface area contributed by atoms with Crippen molar-refractivity contribution in [1.82, 2.24) is 0 Å². The summed E-state index contributed by atoms with van der Waals surface area (Å²) in [6.45, 7) is 2.65. The number of rotatable bonds is 5. The van der Waals surface area contributed by atoms with Gasteiger partial charge in [0, 0.05) is 0 Å². The number of allylic oxidation sites excluding steroid dienone is 4. The summed E-state index contributed by atoms with van der Waals surface area (Å²) in [4.78, 5) is 0. The maximum Gasteiger partial charge on any atom is 0.0948 e. The molecule has 1 atom stereocenters. The van der Waals surface area contributed by atoms with Crippen molar-refractivity contribution < 1.29 is 9.47 Å². The van der Waals surface area contributed by atoms with Crippen LogP contribution in [0.3, 0.4) is 0 Å². The number of hydrogen-bond acceptors (Lipinski definition) is 2. The zero-order chi connectivity index (χ0) is 10.5. The summed E-state index contributed by atoms with van der Waals surface area (Å²) < 4.78 is 11.4. The predicted octanol–water partition coefficient (Wildman–Crippen LogP) is 2.40. The molecule has 0 bridgehead atoms. The van der Waals surface area contributed by atoms with Crippen molar-refractivity contribution in [3.05, 3.63) is 48.6 Å². The van der Waals surface area contributed by atoms with Crippen molar-refractivity contribution in [3.8, 4) is 0 Å². The molecule has 2 nitrogen and oxygen atoms in total. The molecular formula is C13H16O2. The third-order valence-electron chi connectivity index (χ3n) is 2.34. The third-order valence-corrected chi connectivity index (χ3v) is 2.34. The van der Waals surface area contributed by atoms with Gasteiger partial charge in [-0.05, 0) is 6.92 Å². The second-order valence-corrected chi connectivity index (χ2v) is 3.75. The van der Waals surface area contributed by atoms with Gasteiger partial charge in [0.05, 0.1) is 24.9 Å². The van der Waals surface area contributed by atoms with Gasteiger partial charge in [-0.15, -0.1) is 0 Å². The minimum Gasteiger partial charge on any atom is -0.367 e. The molecular weight excluding hydrogens is 188 g/mol. The van der Waals surface area contributed by atoms with Gasteiger partial charge in [0.25, 0.3) is 0 Å². The van der Waals surface area contributed by atoms with E-state index in [9.17, 15) is 0 Å². The first-order chi connectivity index (χ1) is 7.34. The van der Waals surface area contributed by atoms with Crippen molar-refractivity contribution in [2.24, 2.45) is 0 Å². The first kappa shape index (κ1) is 10.4. The Balaban J connectivity index is 1.66. The Hall–Kier alpha value is -1.12. The standard InChI is InChI=1S/C13H16O2/c1-11(15-13-8-4-5-9-13)10-14-12-6-2-3-7-12/h2-9,11-13H,10H2,1H3. The Morgan fingerprint density at radius 2 is 1.47 bits per heavy atom. The van der Waals surface area contributed by atoms with Crippen LogP contribution in [0.4, 0.5) is 0 Å². The predicted molar refractivity (Wildman–Crippen MR) is 60.6 cm³/mol. The topological polar surface area (TPSA) is 18.5 Å². The maximum atomic E-state index is 5.72. The molecule has 0 amide bonds. The highest BCUT2D eigenvalue weighted by Gasteiger charge is 2.12. The van der Waals surface area contributed by atoms with Gasteiger partial charge in [-0.1, -0.05) is 48.6 Å². The SMILES string of the molecule is CC(COC1C=CC=C1)OC1C=CC=C1. The van der Waals surface area contributed by atoms with Crippen LogP contribution in [0.15, 0.2) is 48.6 Å². The van der Waals surface area contributed by atoms with Gasteiger partial charge in [-0.3, -0.25) is 0 Å². The fraction of sp³-hybridized carbons (Fsp3) is 0.385. The van der Waals surface area contributed by atoms with E-state index >= 15 is 0 Å². The van der Waals surface area contributed by atoms with Crippen LogP contribution in [0.5, 0.6) is 0 Å². The molecule has 1 unspecified atom stereocenters. The average molecular weight is 204 g/mol. The summed E-state index contributed by atoms with van der Waals surface area (Å²) in [6.07, 6.45) is 16.5. The van der Waals surface area contributed by atoms with E-state index in [0.29, 0.717) is 6.61 Å². The zero-order valence-corrected chi connectivity index (χ0v) is 8.87. The largest absolute Gasteiger partial charge is 0.367 e. The van der Waals surface area contributed by atoms with Crippen LogP contribution in [0.25, 0.3) is 0 Å². The van der Waals surface area contributed by atoms with E-state index in [4.69, 9.17) is 9.47 Å². The Kier molecular flexibility index (Phi) is 3.54. The highest BCUT2D eigenvalue weighted by Crippen LogP contribution is 2.10. The first-order valence-electron chi connectivity index (χ1n) is 5.31. The molecule has 0 N–H and O–H groups in total. The second kappa shape index (κ2) is 5.10. The zero-order valence-electron chi connectivity index (χ0n) is 8.87. The minimum absolute atomic E-state index is 0.116. The number of hydrogen-bond donors (Lipinski definition) is 0. The molecule has 2 aliphatic rings. The molecule has 0 aromatic heterocycles. The van der Waals surface area contributed by atoms with E-state index in [0.717, 1.165) is 0 Å². The Morgan fingerprint density at radius 1 is 0.933 bits per heavy atom. The lowest BCUT2D eigenvalue weighted by molar-refractivity contribution is -0.0221. The second-order valence-electron chi connectivity index (χ2n) is 3.75. The molecule has 80 valence electrons. The smallest absolute Gasteiger partial charge is 0.0948 e. The van der Waals surface area contributed by atoms with Crippen LogP contribution >= 0.6 is 0 Å². The van der Waals surface area contributed by atoms with Gasteiger partial charge < -0.3 is 9.47 Å². The summed E-state index contributed by atoms with van der Waals surface area (Å²) in [6, 6.07) is 0.